The summed E-state index contributed by atoms with van der Waals surface area (Å²) in [5.74, 6) is 0.944. The van der Waals surface area contributed by atoms with Crippen LogP contribution in [0, 0.1) is 6.92 Å². The fraction of sp³-hybridized carbons (Fsp3) is 0.500. The zero-order valence-corrected chi connectivity index (χ0v) is 24.1. The minimum atomic E-state index is -0.0295. The van der Waals surface area contributed by atoms with Gasteiger partial charge in [0.1, 0.15) is 5.82 Å². The molecule has 1 heterocycles. The number of nitrogens with zero attached hydrogens (tertiary/aromatic N) is 3. The molecule has 3 aromatic rings. The van der Waals surface area contributed by atoms with Crippen molar-refractivity contribution in [1.82, 2.24) is 19.8 Å². The molecule has 38 heavy (non-hydrogen) atoms. The third-order valence-corrected chi connectivity index (χ3v) is 7.42. The molecule has 1 aliphatic carbocycles. The van der Waals surface area contributed by atoms with E-state index in [-0.39, 0.29) is 5.91 Å². The number of nitrogens with one attached hydrogen (secondary N) is 2. The zero-order chi connectivity index (χ0) is 27.3. The van der Waals surface area contributed by atoms with E-state index < -0.39 is 0 Å². The molecule has 0 atom stereocenters. The quantitative estimate of drug-likeness (QED) is 0.342. The number of benzene rings is 2. The molecule has 0 radical (unpaired) electrons. The smallest absolute Gasteiger partial charge is 0.251 e. The first-order valence-electron chi connectivity index (χ1n) is 14.3. The molecule has 206 valence electrons. The van der Waals surface area contributed by atoms with Crippen LogP contribution in [0.2, 0.25) is 0 Å². The van der Waals surface area contributed by atoms with Gasteiger partial charge in [0.2, 0.25) is 0 Å². The van der Waals surface area contributed by atoms with Crippen molar-refractivity contribution in [1.29, 1.82) is 0 Å². The van der Waals surface area contributed by atoms with E-state index in [2.05, 4.69) is 71.2 Å². The number of aromatic nitrogens is 2. The van der Waals surface area contributed by atoms with Crippen molar-refractivity contribution in [2.75, 3.05) is 32.5 Å². The average molecular weight is 518 g/mol. The van der Waals surface area contributed by atoms with E-state index in [1.807, 2.05) is 43.6 Å². The van der Waals surface area contributed by atoms with Gasteiger partial charge in [-0.2, -0.15) is 0 Å². The number of rotatable bonds is 10. The lowest BCUT2D eigenvalue weighted by atomic mass is 9.95. The molecular weight excluding hydrogens is 470 g/mol. The predicted octanol–water partition coefficient (Wildman–Crippen LogP) is 6.09. The van der Waals surface area contributed by atoms with Gasteiger partial charge in [0.05, 0.1) is 0 Å². The van der Waals surface area contributed by atoms with Gasteiger partial charge in [0, 0.05) is 55.7 Å². The van der Waals surface area contributed by atoms with E-state index in [0.717, 1.165) is 53.8 Å². The Morgan fingerprint density at radius 1 is 1.05 bits per heavy atom. The van der Waals surface area contributed by atoms with Gasteiger partial charge in [-0.1, -0.05) is 56.5 Å². The number of anilines is 1. The molecule has 1 aromatic heterocycles. The molecule has 6 nitrogen and oxygen atoms in total. The molecule has 1 saturated carbocycles. The van der Waals surface area contributed by atoms with Crippen LogP contribution in [0.1, 0.15) is 78.8 Å². The molecule has 0 aliphatic heterocycles. The Hall–Kier alpha value is -3.12. The van der Waals surface area contributed by atoms with Crippen LogP contribution < -0.4 is 10.6 Å². The van der Waals surface area contributed by atoms with Crippen molar-refractivity contribution >= 4 is 11.6 Å². The third-order valence-electron chi connectivity index (χ3n) is 7.42. The minimum absolute atomic E-state index is 0.0295. The van der Waals surface area contributed by atoms with E-state index in [9.17, 15) is 4.79 Å². The lowest BCUT2D eigenvalue weighted by molar-refractivity contribution is 0.0953. The summed E-state index contributed by atoms with van der Waals surface area (Å²) in [7, 11) is 4.38. The van der Waals surface area contributed by atoms with E-state index in [4.69, 9.17) is 0 Å². The summed E-state index contributed by atoms with van der Waals surface area (Å²) in [4.78, 5) is 19.7. The van der Waals surface area contributed by atoms with Crippen LogP contribution >= 0.6 is 0 Å². The highest BCUT2D eigenvalue weighted by Crippen LogP contribution is 2.23. The topological polar surface area (TPSA) is 62.2 Å². The first kappa shape index (κ1) is 29.4. The lowest BCUT2D eigenvalue weighted by Crippen LogP contribution is -2.29. The van der Waals surface area contributed by atoms with E-state index >= 15 is 0 Å². The number of amides is 1. The van der Waals surface area contributed by atoms with Gasteiger partial charge >= 0.3 is 0 Å². The third kappa shape index (κ3) is 8.73. The number of carbonyl (C=O) groups excluding carboxylic acids is 1. The second-order valence-corrected chi connectivity index (χ2v) is 10.4. The first-order valence-corrected chi connectivity index (χ1v) is 14.3. The van der Waals surface area contributed by atoms with Crippen molar-refractivity contribution in [3.05, 3.63) is 82.9 Å². The molecule has 0 unspecified atom stereocenters. The van der Waals surface area contributed by atoms with Gasteiger partial charge in [0.25, 0.3) is 5.91 Å². The molecule has 1 aliphatic rings. The van der Waals surface area contributed by atoms with Crippen LogP contribution in [-0.4, -0.2) is 53.6 Å². The second-order valence-electron chi connectivity index (χ2n) is 10.4. The Morgan fingerprint density at radius 3 is 2.42 bits per heavy atom. The summed E-state index contributed by atoms with van der Waals surface area (Å²) in [6.07, 6.45) is 12.6. The Kier molecular flexibility index (Phi) is 11.9. The maximum atomic E-state index is 12.8. The normalized spacial score (nSPS) is 13.6. The zero-order valence-electron chi connectivity index (χ0n) is 24.1. The van der Waals surface area contributed by atoms with Gasteiger partial charge in [-0.3, -0.25) is 4.79 Å². The highest BCUT2D eigenvalue weighted by Gasteiger charge is 2.15. The molecule has 2 N–H and O–H groups in total. The Labute approximate surface area is 229 Å². The SMILES string of the molecule is CCNc1cc(CC)cc(C(=O)NCCc2nccn2Cc2ccccc2)c1C.CN(C)C1CCCCC1. The standard InChI is InChI=1S/C24H30N4O.C8H17N/c1-4-19-15-21(18(3)22(16-19)25-5-2)24(29)27-12-11-23-26-13-14-28(23)17-20-9-7-6-8-10-20;1-9(2)8-6-4-3-5-7-8/h6-10,13-16,25H,4-5,11-12,17H2,1-3H3,(H,27,29);8H,3-7H2,1-2H3. The maximum Gasteiger partial charge on any atom is 0.251 e. The molecule has 1 amide bonds. The fourth-order valence-corrected chi connectivity index (χ4v) is 5.06. The molecular formula is C32H47N5O. The fourth-order valence-electron chi connectivity index (χ4n) is 5.06. The summed E-state index contributed by atoms with van der Waals surface area (Å²) < 4.78 is 2.13. The van der Waals surface area contributed by atoms with E-state index in [1.165, 1.54) is 37.7 Å². The highest BCUT2D eigenvalue weighted by atomic mass is 16.1. The molecule has 6 heteroatoms. The van der Waals surface area contributed by atoms with Gasteiger partial charge in [0.15, 0.2) is 0 Å². The average Bonchev–Trinajstić information content (AvgIpc) is 3.37. The summed E-state index contributed by atoms with van der Waals surface area (Å²) in [6.45, 7) is 8.34. The maximum absolute atomic E-state index is 12.8. The van der Waals surface area contributed by atoms with Crippen LogP contribution in [0.15, 0.2) is 54.9 Å². The van der Waals surface area contributed by atoms with Crippen molar-refractivity contribution in [3.8, 4) is 0 Å². The van der Waals surface area contributed by atoms with E-state index in [0.29, 0.717) is 13.0 Å². The lowest BCUT2D eigenvalue weighted by Gasteiger charge is -2.27. The molecule has 4 rings (SSSR count). The van der Waals surface area contributed by atoms with Gasteiger partial charge in [-0.15, -0.1) is 0 Å². The van der Waals surface area contributed by atoms with E-state index in [1.54, 1.807) is 0 Å². The van der Waals surface area contributed by atoms with Crippen molar-refractivity contribution in [2.24, 2.45) is 0 Å². The Balaban J connectivity index is 0.000000375. The Morgan fingerprint density at radius 2 is 1.79 bits per heavy atom. The van der Waals surface area contributed by atoms with Crippen LogP contribution in [-0.2, 0) is 19.4 Å². The molecule has 0 saturated heterocycles. The summed E-state index contributed by atoms with van der Waals surface area (Å²) >= 11 is 0. The number of aryl methyl sites for hydroxylation is 1. The van der Waals surface area contributed by atoms with Crippen LogP contribution in [0.5, 0.6) is 0 Å². The number of imidazole rings is 1. The summed E-state index contributed by atoms with van der Waals surface area (Å²) in [5, 5.41) is 6.43. The minimum Gasteiger partial charge on any atom is -0.385 e. The van der Waals surface area contributed by atoms with Gasteiger partial charge in [-0.25, -0.2) is 4.98 Å². The van der Waals surface area contributed by atoms with Crippen LogP contribution in [0.4, 0.5) is 5.69 Å². The largest absolute Gasteiger partial charge is 0.385 e. The number of hydrogen-bond acceptors (Lipinski definition) is 4. The van der Waals surface area contributed by atoms with Crippen LogP contribution in [0.3, 0.4) is 0 Å². The highest BCUT2D eigenvalue weighted by molar-refractivity contribution is 5.97. The predicted molar refractivity (Wildman–Crippen MR) is 159 cm³/mol. The van der Waals surface area contributed by atoms with Crippen LogP contribution in [0.25, 0.3) is 0 Å². The second kappa shape index (κ2) is 15.3. The molecule has 2 aromatic carbocycles. The number of carbonyl (C=O) groups is 1. The van der Waals surface area contributed by atoms with Crippen molar-refractivity contribution in [2.45, 2.75) is 78.3 Å². The first-order chi connectivity index (χ1) is 18.4. The van der Waals surface area contributed by atoms with Gasteiger partial charge < -0.3 is 20.1 Å². The summed E-state index contributed by atoms with van der Waals surface area (Å²) in [6, 6.07) is 15.3. The molecule has 0 bridgehead atoms. The van der Waals surface area contributed by atoms with Gasteiger partial charge in [-0.05, 0) is 76.0 Å². The monoisotopic (exact) mass is 517 g/mol. The Bertz CT molecular complexity index is 1120. The number of hydrogen-bond donors (Lipinski definition) is 2. The summed E-state index contributed by atoms with van der Waals surface area (Å²) in [5.41, 5.74) is 5.17. The molecule has 0 spiro atoms. The van der Waals surface area contributed by atoms with Crippen molar-refractivity contribution in [3.63, 3.8) is 0 Å². The molecule has 1 fully saturated rings. The van der Waals surface area contributed by atoms with Crippen molar-refractivity contribution < 1.29 is 4.79 Å².